The molecule has 0 atom stereocenters. The molecule has 0 saturated heterocycles. The number of para-hydroxylation sites is 3. The third-order valence-corrected chi connectivity index (χ3v) is 3.72. The summed E-state index contributed by atoms with van der Waals surface area (Å²) in [6.07, 6.45) is 0. The van der Waals surface area contributed by atoms with E-state index in [1.54, 1.807) is 19.9 Å². The van der Waals surface area contributed by atoms with Gasteiger partial charge in [0.2, 0.25) is 5.91 Å². The Hall–Kier alpha value is -2.00. The highest BCUT2D eigenvalue weighted by molar-refractivity contribution is 6.20. The first kappa shape index (κ1) is 15.4. The van der Waals surface area contributed by atoms with E-state index in [0.29, 0.717) is 11.4 Å². The quantitative estimate of drug-likeness (QED) is 0.814. The van der Waals surface area contributed by atoms with Gasteiger partial charge in [0.05, 0.1) is 11.1 Å². The van der Waals surface area contributed by atoms with Crippen LogP contribution < -0.4 is 10.1 Å². The molecule has 0 bridgehead atoms. The second-order valence-electron chi connectivity index (χ2n) is 5.38. The number of nitrogens with one attached hydrogen (secondary N) is 1. The predicted molar refractivity (Wildman–Crippen MR) is 86.1 cm³/mol. The Morgan fingerprint density at radius 1 is 1.10 bits per heavy atom. The maximum atomic E-state index is 12.2. The number of anilines is 1. The van der Waals surface area contributed by atoms with Crippen molar-refractivity contribution in [2.45, 2.75) is 13.8 Å². The zero-order chi connectivity index (χ0) is 15.3. The van der Waals surface area contributed by atoms with Crippen LogP contribution in [0.2, 0.25) is 0 Å². The summed E-state index contributed by atoms with van der Waals surface area (Å²) in [5.74, 6) is 1.43. The number of hydrogen-bond donors (Lipinski definition) is 1. The second kappa shape index (κ2) is 6.64. The zero-order valence-corrected chi connectivity index (χ0v) is 12.9. The van der Waals surface area contributed by atoms with Crippen molar-refractivity contribution in [2.24, 2.45) is 5.41 Å². The van der Waals surface area contributed by atoms with Gasteiger partial charge in [0.1, 0.15) is 5.75 Å². The fourth-order valence-electron chi connectivity index (χ4n) is 1.63. The maximum Gasteiger partial charge on any atom is 0.231 e. The zero-order valence-electron chi connectivity index (χ0n) is 12.1. The largest absolute Gasteiger partial charge is 0.455 e. The number of alkyl halides is 1. The molecule has 1 amide bonds. The first-order chi connectivity index (χ1) is 10.0. The van der Waals surface area contributed by atoms with Crippen molar-refractivity contribution in [2.75, 3.05) is 11.2 Å². The molecule has 0 aliphatic heterocycles. The Bertz CT molecular complexity index is 611. The van der Waals surface area contributed by atoms with Crippen LogP contribution in [-0.4, -0.2) is 11.8 Å². The molecular formula is C17H18ClNO2. The first-order valence-corrected chi connectivity index (χ1v) is 7.26. The minimum absolute atomic E-state index is 0.137. The fraction of sp³-hybridized carbons (Fsp3) is 0.235. The average molecular weight is 304 g/mol. The molecule has 21 heavy (non-hydrogen) atoms. The Labute approximate surface area is 129 Å². The molecule has 2 aromatic rings. The van der Waals surface area contributed by atoms with Crippen LogP contribution in [0.25, 0.3) is 0 Å². The molecule has 0 heterocycles. The van der Waals surface area contributed by atoms with Crippen LogP contribution in [0.3, 0.4) is 0 Å². The Balaban J connectivity index is 2.20. The van der Waals surface area contributed by atoms with E-state index in [2.05, 4.69) is 5.32 Å². The average Bonchev–Trinajstić information content (AvgIpc) is 2.50. The number of carbonyl (C=O) groups is 1. The lowest BCUT2D eigenvalue weighted by molar-refractivity contribution is -0.122. The summed E-state index contributed by atoms with van der Waals surface area (Å²) in [4.78, 5) is 12.2. The van der Waals surface area contributed by atoms with Gasteiger partial charge in [0, 0.05) is 5.88 Å². The van der Waals surface area contributed by atoms with Gasteiger partial charge in [-0.1, -0.05) is 30.3 Å². The third-order valence-electron chi connectivity index (χ3n) is 3.06. The smallest absolute Gasteiger partial charge is 0.231 e. The highest BCUT2D eigenvalue weighted by Gasteiger charge is 2.27. The topological polar surface area (TPSA) is 38.3 Å². The molecule has 0 aliphatic rings. The lowest BCUT2D eigenvalue weighted by Crippen LogP contribution is -2.32. The van der Waals surface area contributed by atoms with Crippen LogP contribution in [0.5, 0.6) is 11.5 Å². The molecule has 2 rings (SSSR count). The highest BCUT2D eigenvalue weighted by Crippen LogP contribution is 2.30. The lowest BCUT2D eigenvalue weighted by atomic mass is 9.95. The molecule has 4 heteroatoms. The molecule has 1 N–H and O–H groups in total. The van der Waals surface area contributed by atoms with E-state index in [9.17, 15) is 4.79 Å². The molecule has 0 aromatic heterocycles. The van der Waals surface area contributed by atoms with Crippen molar-refractivity contribution in [3.05, 3.63) is 54.6 Å². The van der Waals surface area contributed by atoms with Crippen LogP contribution in [0.1, 0.15) is 13.8 Å². The van der Waals surface area contributed by atoms with Crippen LogP contribution in [0, 0.1) is 5.41 Å². The van der Waals surface area contributed by atoms with Gasteiger partial charge in [-0.15, -0.1) is 11.6 Å². The third kappa shape index (κ3) is 3.99. The van der Waals surface area contributed by atoms with Crippen molar-refractivity contribution >= 4 is 23.2 Å². The van der Waals surface area contributed by atoms with Crippen LogP contribution in [0.4, 0.5) is 5.69 Å². The van der Waals surface area contributed by atoms with Gasteiger partial charge < -0.3 is 10.1 Å². The van der Waals surface area contributed by atoms with Gasteiger partial charge in [-0.3, -0.25) is 4.79 Å². The SMILES string of the molecule is CC(C)(CCl)C(=O)Nc1ccccc1Oc1ccccc1. The number of amides is 1. The summed E-state index contributed by atoms with van der Waals surface area (Å²) in [5, 5.41) is 2.87. The van der Waals surface area contributed by atoms with Gasteiger partial charge in [-0.25, -0.2) is 0 Å². The fourth-order valence-corrected chi connectivity index (χ4v) is 1.75. The summed E-state index contributed by atoms with van der Waals surface area (Å²) in [5.41, 5.74) is -0.00828. The molecule has 0 radical (unpaired) electrons. The predicted octanol–water partition coefficient (Wildman–Crippen LogP) is 4.68. The van der Waals surface area contributed by atoms with E-state index in [4.69, 9.17) is 16.3 Å². The van der Waals surface area contributed by atoms with Crippen molar-refractivity contribution < 1.29 is 9.53 Å². The first-order valence-electron chi connectivity index (χ1n) is 6.72. The Morgan fingerprint density at radius 2 is 1.71 bits per heavy atom. The van der Waals surface area contributed by atoms with E-state index in [1.165, 1.54) is 0 Å². The van der Waals surface area contributed by atoms with E-state index in [1.807, 2.05) is 48.5 Å². The van der Waals surface area contributed by atoms with E-state index < -0.39 is 5.41 Å². The molecule has 0 spiro atoms. The minimum Gasteiger partial charge on any atom is -0.455 e. The van der Waals surface area contributed by atoms with Gasteiger partial charge in [-0.2, -0.15) is 0 Å². The minimum atomic E-state index is -0.637. The number of carbonyl (C=O) groups excluding carboxylic acids is 1. The van der Waals surface area contributed by atoms with Crippen LogP contribution in [0.15, 0.2) is 54.6 Å². The lowest BCUT2D eigenvalue weighted by Gasteiger charge is -2.21. The molecule has 3 nitrogen and oxygen atoms in total. The molecule has 110 valence electrons. The monoisotopic (exact) mass is 303 g/mol. The molecule has 2 aromatic carbocycles. The summed E-state index contributed by atoms with van der Waals surface area (Å²) in [7, 11) is 0. The normalized spacial score (nSPS) is 11.0. The Kier molecular flexibility index (Phi) is 4.86. The highest BCUT2D eigenvalue weighted by atomic mass is 35.5. The van der Waals surface area contributed by atoms with Crippen LogP contribution in [-0.2, 0) is 4.79 Å². The Morgan fingerprint density at radius 3 is 2.38 bits per heavy atom. The van der Waals surface area contributed by atoms with Gasteiger partial charge in [0.25, 0.3) is 0 Å². The van der Waals surface area contributed by atoms with E-state index >= 15 is 0 Å². The van der Waals surface area contributed by atoms with Gasteiger partial charge in [-0.05, 0) is 38.1 Å². The number of benzene rings is 2. The maximum absolute atomic E-state index is 12.2. The van der Waals surface area contributed by atoms with Crippen molar-refractivity contribution in [3.8, 4) is 11.5 Å². The number of ether oxygens (including phenoxy) is 1. The molecule has 0 unspecified atom stereocenters. The molecule has 0 saturated carbocycles. The molecule has 0 fully saturated rings. The number of hydrogen-bond acceptors (Lipinski definition) is 2. The second-order valence-corrected chi connectivity index (χ2v) is 5.65. The van der Waals surface area contributed by atoms with Crippen molar-refractivity contribution in [1.29, 1.82) is 0 Å². The molecule has 0 aliphatic carbocycles. The summed E-state index contributed by atoms with van der Waals surface area (Å²) >= 11 is 5.83. The molecular weight excluding hydrogens is 286 g/mol. The van der Waals surface area contributed by atoms with Crippen molar-refractivity contribution in [3.63, 3.8) is 0 Å². The van der Waals surface area contributed by atoms with Gasteiger partial charge in [0.15, 0.2) is 5.75 Å². The summed E-state index contributed by atoms with van der Waals surface area (Å²) < 4.78 is 5.81. The standard InChI is InChI=1S/C17H18ClNO2/c1-17(2,12-18)16(20)19-14-10-6-7-11-15(14)21-13-8-4-3-5-9-13/h3-11H,12H2,1-2H3,(H,19,20). The summed E-state index contributed by atoms with van der Waals surface area (Å²) in [6, 6.07) is 16.8. The van der Waals surface area contributed by atoms with Crippen LogP contribution >= 0.6 is 11.6 Å². The van der Waals surface area contributed by atoms with E-state index in [-0.39, 0.29) is 11.8 Å². The number of halogens is 1. The summed E-state index contributed by atoms with van der Waals surface area (Å²) in [6.45, 7) is 3.60. The van der Waals surface area contributed by atoms with Gasteiger partial charge >= 0.3 is 0 Å². The van der Waals surface area contributed by atoms with Crippen molar-refractivity contribution in [1.82, 2.24) is 0 Å². The van der Waals surface area contributed by atoms with E-state index in [0.717, 1.165) is 5.75 Å². The number of rotatable bonds is 5.